The largest absolute Gasteiger partial charge is 0.431 e. The molecule has 3 aromatic rings. The molecule has 0 aliphatic rings. The lowest BCUT2D eigenvalue weighted by Gasteiger charge is -2.02. The van der Waals surface area contributed by atoms with E-state index in [2.05, 4.69) is 65.8 Å². The predicted octanol–water partition coefficient (Wildman–Crippen LogP) is 7.73. The SMILES string of the molecule is Ip1sp2sp1sp2Oc1ccccc1. The van der Waals surface area contributed by atoms with Crippen LogP contribution < -0.4 is 4.52 Å². The van der Waals surface area contributed by atoms with E-state index in [9.17, 15) is 0 Å². The molecule has 2 aromatic heterocycles. The Bertz CT molecular complexity index is 588. The van der Waals surface area contributed by atoms with Crippen molar-refractivity contribution in [3.8, 4) is 5.75 Å². The van der Waals surface area contributed by atoms with Gasteiger partial charge in [0.2, 0.25) is 0 Å². The van der Waals surface area contributed by atoms with Crippen LogP contribution in [0.25, 0.3) is 0 Å². The van der Waals surface area contributed by atoms with E-state index in [1.807, 2.05) is 18.2 Å². The van der Waals surface area contributed by atoms with Crippen LogP contribution in [0.15, 0.2) is 30.3 Å². The molecular formula is C6H5IOP4S3. The van der Waals surface area contributed by atoms with E-state index in [1.54, 1.807) is 0 Å². The molecule has 9 heteroatoms. The second kappa shape index (κ2) is 5.08. The van der Waals surface area contributed by atoms with Crippen molar-refractivity contribution in [2.45, 2.75) is 0 Å². The van der Waals surface area contributed by atoms with Gasteiger partial charge in [0.15, 0.2) is 6.62 Å². The fraction of sp³-hybridized carbons (Fsp3) is 0. The molecule has 0 spiro atoms. The van der Waals surface area contributed by atoms with Crippen LogP contribution >= 0.6 is 75.1 Å². The van der Waals surface area contributed by atoms with Crippen LogP contribution in [-0.4, -0.2) is 0 Å². The van der Waals surface area contributed by atoms with E-state index in [1.165, 1.54) is 0 Å². The molecule has 80 valence electrons. The summed E-state index contributed by atoms with van der Waals surface area (Å²) in [5, 5.41) is 0.309. The topological polar surface area (TPSA) is 9.23 Å². The second-order valence-corrected chi connectivity index (χ2v) is 35.6. The van der Waals surface area contributed by atoms with E-state index < -0.39 is 0 Å². The van der Waals surface area contributed by atoms with Crippen molar-refractivity contribution >= 4 is 75.1 Å². The van der Waals surface area contributed by atoms with Crippen LogP contribution in [0.2, 0.25) is 0 Å². The van der Waals surface area contributed by atoms with Gasteiger partial charge < -0.3 is 4.52 Å². The van der Waals surface area contributed by atoms with Crippen molar-refractivity contribution in [2.75, 3.05) is 0 Å². The summed E-state index contributed by atoms with van der Waals surface area (Å²) in [5.41, 5.74) is 0. The first kappa shape index (κ1) is 11.7. The normalized spacial score (nSPS) is 15.8. The molecule has 0 aliphatic heterocycles. The lowest BCUT2D eigenvalue weighted by atomic mass is 10.3. The number of hydrogen-bond acceptors (Lipinski definition) is 4. The van der Waals surface area contributed by atoms with E-state index in [0.717, 1.165) is 5.75 Å². The fourth-order valence-electron chi connectivity index (χ4n) is 1.01. The second-order valence-electron chi connectivity index (χ2n) is 2.59. The number of rotatable bonds is 2. The molecule has 1 nitrogen and oxygen atoms in total. The summed E-state index contributed by atoms with van der Waals surface area (Å²) in [5.74, 6) is 1.06. The monoisotopic (exact) mass is 440 g/mol. The summed E-state index contributed by atoms with van der Waals surface area (Å²) in [6.07, 6.45) is 0. The first-order valence-corrected chi connectivity index (χ1v) is 19.5. The minimum absolute atomic E-state index is 0.0937. The Labute approximate surface area is 114 Å². The summed E-state index contributed by atoms with van der Waals surface area (Å²) in [4.78, 5) is 0. The van der Waals surface area contributed by atoms with Crippen LogP contribution in [-0.2, 0) is 0 Å². The van der Waals surface area contributed by atoms with Gasteiger partial charge in [-0.05, 0) is 44.7 Å². The van der Waals surface area contributed by atoms with Gasteiger partial charge in [0.1, 0.15) is 5.75 Å². The molecule has 0 amide bonds. The van der Waals surface area contributed by atoms with E-state index in [0.29, 0.717) is 0 Å². The highest BCUT2D eigenvalue weighted by atomic mass is 127. The van der Waals surface area contributed by atoms with Crippen LogP contribution in [0.5, 0.6) is 5.75 Å². The fourth-order valence-corrected chi connectivity index (χ4v) is 103. The first-order valence-electron chi connectivity index (χ1n) is 3.96. The van der Waals surface area contributed by atoms with E-state index in [-0.39, 0.29) is 21.4 Å². The maximum Gasteiger partial charge on any atom is 0.173 e. The third kappa shape index (κ3) is 2.56. The van der Waals surface area contributed by atoms with Gasteiger partial charge in [0, 0.05) is 4.03 Å². The minimum Gasteiger partial charge on any atom is -0.431 e. The van der Waals surface area contributed by atoms with Gasteiger partial charge in [-0.15, -0.1) is 0 Å². The molecule has 0 fully saturated rings. The van der Waals surface area contributed by atoms with E-state index in [4.69, 9.17) is 4.52 Å². The van der Waals surface area contributed by atoms with Crippen molar-refractivity contribution in [1.29, 1.82) is 0 Å². The van der Waals surface area contributed by atoms with Gasteiger partial charge in [0.05, 0.1) is 10.7 Å². The summed E-state index contributed by atoms with van der Waals surface area (Å²) >= 11 is 2.65. The Balaban J connectivity index is 1.96. The molecule has 3 rings (SSSR count). The maximum absolute atomic E-state index is 6.10. The zero-order valence-electron chi connectivity index (χ0n) is 7.19. The van der Waals surface area contributed by atoms with Crippen molar-refractivity contribution < 1.29 is 4.52 Å². The number of benzene rings is 1. The van der Waals surface area contributed by atoms with Gasteiger partial charge >= 0.3 is 0 Å². The molecule has 2 bridgehead atoms. The van der Waals surface area contributed by atoms with Gasteiger partial charge in [-0.25, -0.2) is 0 Å². The average molecular weight is 440 g/mol. The Morgan fingerprint density at radius 1 is 1.00 bits per heavy atom. The highest BCUT2D eigenvalue weighted by Gasteiger charge is 2.12. The highest BCUT2D eigenvalue weighted by Crippen LogP contribution is 2.82. The van der Waals surface area contributed by atoms with Crippen LogP contribution in [0, 0.1) is 0 Å². The summed E-state index contributed by atoms with van der Waals surface area (Å²) in [6.45, 7) is -0.214. The lowest BCUT2D eigenvalue weighted by molar-refractivity contribution is 0.641. The Morgan fingerprint density at radius 2 is 1.80 bits per heavy atom. The van der Waals surface area contributed by atoms with Crippen LogP contribution in [0.3, 0.4) is 0 Å². The molecule has 0 radical (unpaired) electrons. The van der Waals surface area contributed by atoms with Crippen molar-refractivity contribution in [3.05, 3.63) is 30.3 Å². The van der Waals surface area contributed by atoms with E-state index >= 15 is 0 Å². The molecule has 2 heterocycles. The van der Waals surface area contributed by atoms with Crippen molar-refractivity contribution in [1.82, 2.24) is 0 Å². The zero-order valence-corrected chi connectivity index (χ0v) is 15.4. The lowest BCUT2D eigenvalue weighted by Crippen LogP contribution is -1.73. The first-order chi connectivity index (χ1) is 7.33. The number of halogens is 1. The Hall–Kier alpha value is 1.61. The average Bonchev–Trinajstić information content (AvgIpc) is 2.78. The summed E-state index contributed by atoms with van der Waals surface area (Å²) in [7, 11) is 6.64. The van der Waals surface area contributed by atoms with Gasteiger partial charge in [0.25, 0.3) is 0 Å². The number of fused-ring (bicyclic) bond motifs is 2. The third-order valence-electron chi connectivity index (χ3n) is 1.61. The predicted molar refractivity (Wildman–Crippen MR) is 88.8 cm³/mol. The number of hydrogen-bond donors (Lipinski definition) is 0. The molecule has 0 aliphatic carbocycles. The van der Waals surface area contributed by atoms with Gasteiger partial charge in [-0.3, -0.25) is 0 Å². The zero-order chi connectivity index (χ0) is 10.3. The highest BCUT2D eigenvalue weighted by molar-refractivity contribution is 14.2. The summed E-state index contributed by atoms with van der Waals surface area (Å²) < 4.78 is 6.36. The van der Waals surface area contributed by atoms with Gasteiger partial charge in [-0.1, -0.05) is 39.3 Å². The Kier molecular flexibility index (Phi) is 3.96. The molecule has 0 N–H and O–H groups in total. The minimum atomic E-state index is -0.214. The standard InChI is InChI=1S/C6H5IOP4S3/c7-9-11-14-10(12(13-9)15-11)8-6-4-2-1-3-5-6/h1-5H. The van der Waals surface area contributed by atoms with Gasteiger partial charge in [-0.2, -0.15) is 0 Å². The maximum atomic E-state index is 6.10. The molecule has 15 heavy (non-hydrogen) atoms. The molecule has 4 atom stereocenters. The molecule has 1 aromatic carbocycles. The van der Waals surface area contributed by atoms with Crippen molar-refractivity contribution in [2.24, 2.45) is 0 Å². The third-order valence-corrected chi connectivity index (χ3v) is 60.6. The Morgan fingerprint density at radius 3 is 2.40 bits per heavy atom. The van der Waals surface area contributed by atoms with Crippen LogP contribution in [0.4, 0.5) is 0 Å². The molecule has 0 saturated carbocycles. The molecule has 4 unspecified atom stereocenters. The molecular weight excluding hydrogens is 435 g/mol. The quantitative estimate of drug-likeness (QED) is 0.371. The molecule has 0 saturated heterocycles. The summed E-state index contributed by atoms with van der Waals surface area (Å²) in [6, 6.07) is 10.3. The smallest absolute Gasteiger partial charge is 0.173 e. The van der Waals surface area contributed by atoms with Crippen LogP contribution in [0.1, 0.15) is 0 Å². The number of para-hydroxylation sites is 1. The van der Waals surface area contributed by atoms with Crippen molar-refractivity contribution in [3.63, 3.8) is 0 Å².